The summed E-state index contributed by atoms with van der Waals surface area (Å²) in [6.45, 7) is 1.44. The van der Waals surface area contributed by atoms with Crippen molar-refractivity contribution in [3.05, 3.63) is 34.6 Å². The van der Waals surface area contributed by atoms with E-state index in [4.69, 9.17) is 11.6 Å². The van der Waals surface area contributed by atoms with Crippen molar-refractivity contribution in [1.82, 2.24) is 4.90 Å². The molecular weight excluding hydrogens is 310 g/mol. The molecule has 0 amide bonds. The quantitative estimate of drug-likeness (QED) is 0.858. The van der Waals surface area contributed by atoms with E-state index in [1.54, 1.807) is 6.07 Å². The fourth-order valence-corrected chi connectivity index (χ4v) is 2.79. The predicted molar refractivity (Wildman–Crippen MR) is 71.5 cm³/mol. The lowest BCUT2D eigenvalue weighted by molar-refractivity contribution is -0.223. The molecule has 1 unspecified atom stereocenters. The lowest BCUT2D eigenvalue weighted by atomic mass is 9.90. The van der Waals surface area contributed by atoms with Gasteiger partial charge in [0, 0.05) is 6.54 Å². The highest BCUT2D eigenvalue weighted by atomic mass is 35.5. The average molecular weight is 326 g/mol. The van der Waals surface area contributed by atoms with Gasteiger partial charge in [-0.15, -0.1) is 0 Å². The number of aliphatic hydroxyl groups is 1. The van der Waals surface area contributed by atoms with Crippen LogP contribution in [0.3, 0.4) is 0 Å². The Hall–Kier alpha value is -0.850. The first-order chi connectivity index (χ1) is 9.77. The molecule has 2 nitrogen and oxygen atoms in total. The van der Waals surface area contributed by atoms with Crippen LogP contribution in [0.2, 0.25) is 5.02 Å². The van der Waals surface area contributed by atoms with Crippen LogP contribution in [0.25, 0.3) is 0 Å². The topological polar surface area (TPSA) is 23.5 Å². The van der Waals surface area contributed by atoms with E-state index in [9.17, 15) is 22.7 Å². The van der Waals surface area contributed by atoms with Crippen molar-refractivity contribution in [2.75, 3.05) is 13.1 Å². The van der Waals surface area contributed by atoms with Crippen LogP contribution in [0.5, 0.6) is 0 Å². The van der Waals surface area contributed by atoms with Crippen molar-refractivity contribution < 1.29 is 22.7 Å². The number of halogens is 5. The van der Waals surface area contributed by atoms with Crippen molar-refractivity contribution >= 4 is 11.6 Å². The Bertz CT molecular complexity index is 486. The first-order valence-electron chi connectivity index (χ1n) is 6.68. The van der Waals surface area contributed by atoms with E-state index < -0.39 is 24.0 Å². The molecule has 1 atom stereocenters. The van der Waals surface area contributed by atoms with Gasteiger partial charge in [0.05, 0.1) is 5.02 Å². The van der Waals surface area contributed by atoms with Crippen LogP contribution in [0.1, 0.15) is 18.4 Å². The lowest BCUT2D eigenvalue weighted by Crippen LogP contribution is -2.43. The minimum Gasteiger partial charge on any atom is -0.383 e. The molecule has 1 heterocycles. The number of piperidine rings is 1. The van der Waals surface area contributed by atoms with Gasteiger partial charge >= 0.3 is 6.18 Å². The summed E-state index contributed by atoms with van der Waals surface area (Å²) >= 11 is 5.69. The summed E-state index contributed by atoms with van der Waals surface area (Å²) in [6.07, 6.45) is -6.23. The van der Waals surface area contributed by atoms with E-state index in [0.29, 0.717) is 19.6 Å². The molecule has 1 N–H and O–H groups in total. The molecule has 7 heteroatoms. The number of aliphatic hydroxyl groups excluding tert-OH is 1. The van der Waals surface area contributed by atoms with Crippen LogP contribution < -0.4 is 0 Å². The number of hydrogen-bond donors (Lipinski definition) is 1. The van der Waals surface area contributed by atoms with Crippen LogP contribution in [-0.2, 0) is 6.54 Å². The summed E-state index contributed by atoms with van der Waals surface area (Å²) in [5.41, 5.74) is 0.816. The van der Waals surface area contributed by atoms with Gasteiger partial charge in [-0.1, -0.05) is 17.7 Å². The first-order valence-corrected chi connectivity index (χ1v) is 7.06. The molecule has 1 fully saturated rings. The highest BCUT2D eigenvalue weighted by Crippen LogP contribution is 2.32. The Kier molecular flexibility index (Phi) is 5.11. The Balaban J connectivity index is 1.88. The van der Waals surface area contributed by atoms with Gasteiger partial charge < -0.3 is 5.11 Å². The normalized spacial score (nSPS) is 19.7. The second-order valence-electron chi connectivity index (χ2n) is 5.35. The summed E-state index contributed by atoms with van der Waals surface area (Å²) in [6, 6.07) is 4.41. The largest absolute Gasteiger partial charge is 0.414 e. The smallest absolute Gasteiger partial charge is 0.383 e. The zero-order valence-corrected chi connectivity index (χ0v) is 12.0. The Labute approximate surface area is 125 Å². The maximum Gasteiger partial charge on any atom is 0.414 e. The molecule has 1 saturated heterocycles. The number of hydrogen-bond acceptors (Lipinski definition) is 2. The predicted octanol–water partition coefficient (Wildman–Crippen LogP) is 3.61. The van der Waals surface area contributed by atoms with E-state index in [2.05, 4.69) is 0 Å². The third-order valence-electron chi connectivity index (χ3n) is 3.80. The molecule has 0 radical (unpaired) electrons. The van der Waals surface area contributed by atoms with Gasteiger partial charge in [-0.25, -0.2) is 4.39 Å². The van der Waals surface area contributed by atoms with Crippen molar-refractivity contribution in [2.45, 2.75) is 31.7 Å². The molecule has 21 heavy (non-hydrogen) atoms. The molecule has 118 valence electrons. The molecule has 1 aromatic carbocycles. The van der Waals surface area contributed by atoms with E-state index in [1.807, 2.05) is 4.90 Å². The average Bonchev–Trinajstić information content (AvgIpc) is 2.42. The molecule has 0 spiro atoms. The maximum atomic E-state index is 13.0. The number of rotatable bonds is 3. The minimum absolute atomic E-state index is 0.0369. The zero-order chi connectivity index (χ0) is 15.6. The molecule has 1 aliphatic heterocycles. The Morgan fingerprint density at radius 1 is 1.29 bits per heavy atom. The zero-order valence-electron chi connectivity index (χ0n) is 11.2. The third kappa shape index (κ3) is 4.31. The van der Waals surface area contributed by atoms with Crippen LogP contribution in [0.4, 0.5) is 17.6 Å². The summed E-state index contributed by atoms with van der Waals surface area (Å²) in [4.78, 5) is 1.98. The molecule has 0 aromatic heterocycles. The van der Waals surface area contributed by atoms with Gasteiger partial charge in [-0.2, -0.15) is 13.2 Å². The molecule has 2 rings (SSSR count). The Morgan fingerprint density at radius 2 is 1.90 bits per heavy atom. The van der Waals surface area contributed by atoms with Gasteiger partial charge in [0.25, 0.3) is 0 Å². The minimum atomic E-state index is -4.56. The van der Waals surface area contributed by atoms with Gasteiger partial charge in [0.2, 0.25) is 0 Å². The fourth-order valence-electron chi connectivity index (χ4n) is 2.59. The number of alkyl halides is 3. The molecule has 0 saturated carbocycles. The highest BCUT2D eigenvalue weighted by molar-refractivity contribution is 6.30. The van der Waals surface area contributed by atoms with Crippen molar-refractivity contribution in [1.29, 1.82) is 0 Å². The summed E-state index contributed by atoms with van der Waals surface area (Å²) in [5.74, 6) is -1.24. The van der Waals surface area contributed by atoms with Gasteiger partial charge in [-0.3, -0.25) is 4.90 Å². The monoisotopic (exact) mass is 325 g/mol. The number of benzene rings is 1. The summed E-state index contributed by atoms with van der Waals surface area (Å²) in [5, 5.41) is 9.29. The highest BCUT2D eigenvalue weighted by Gasteiger charge is 2.44. The lowest BCUT2D eigenvalue weighted by Gasteiger charge is -2.34. The second kappa shape index (κ2) is 6.50. The number of nitrogens with zero attached hydrogens (tertiary/aromatic N) is 1. The van der Waals surface area contributed by atoms with Crippen LogP contribution >= 0.6 is 11.6 Å². The molecular formula is C14H16ClF4NO. The maximum absolute atomic E-state index is 13.0. The molecule has 0 bridgehead atoms. The van der Waals surface area contributed by atoms with Crippen LogP contribution in [0, 0.1) is 11.7 Å². The summed E-state index contributed by atoms with van der Waals surface area (Å²) < 4.78 is 50.4. The third-order valence-corrected chi connectivity index (χ3v) is 4.09. The van der Waals surface area contributed by atoms with Crippen molar-refractivity contribution in [2.24, 2.45) is 5.92 Å². The number of likely N-dealkylation sites (tertiary alicyclic amines) is 1. The van der Waals surface area contributed by atoms with E-state index in [1.165, 1.54) is 12.1 Å². The SMILES string of the molecule is OC(C1CCN(Cc2ccc(F)c(Cl)c2)CC1)C(F)(F)F. The first kappa shape index (κ1) is 16.5. The fraction of sp³-hybridized carbons (Fsp3) is 0.571. The van der Waals surface area contributed by atoms with Gasteiger partial charge in [0.15, 0.2) is 6.10 Å². The molecule has 1 aliphatic rings. The van der Waals surface area contributed by atoms with E-state index >= 15 is 0 Å². The van der Waals surface area contributed by atoms with Crippen LogP contribution in [-0.4, -0.2) is 35.4 Å². The van der Waals surface area contributed by atoms with E-state index in [-0.39, 0.29) is 17.9 Å². The summed E-state index contributed by atoms with van der Waals surface area (Å²) in [7, 11) is 0. The van der Waals surface area contributed by atoms with Crippen molar-refractivity contribution in [3.63, 3.8) is 0 Å². The molecule has 0 aliphatic carbocycles. The Morgan fingerprint density at radius 3 is 2.43 bits per heavy atom. The van der Waals surface area contributed by atoms with Gasteiger partial charge in [-0.05, 0) is 49.5 Å². The standard InChI is InChI=1S/C14H16ClF4NO/c15-11-7-9(1-2-12(11)16)8-20-5-3-10(4-6-20)13(21)14(17,18)19/h1-2,7,10,13,21H,3-6,8H2. The van der Waals surface area contributed by atoms with Gasteiger partial charge in [0.1, 0.15) is 5.82 Å². The van der Waals surface area contributed by atoms with E-state index in [0.717, 1.165) is 5.56 Å². The molecule has 1 aromatic rings. The second-order valence-corrected chi connectivity index (χ2v) is 5.76. The van der Waals surface area contributed by atoms with Crippen molar-refractivity contribution in [3.8, 4) is 0 Å². The van der Waals surface area contributed by atoms with Crippen LogP contribution in [0.15, 0.2) is 18.2 Å².